The van der Waals surface area contributed by atoms with Crippen LogP contribution in [0.15, 0.2) is 0 Å². The van der Waals surface area contributed by atoms with E-state index in [0.717, 1.165) is 0 Å². The molecule has 8 heteroatoms. The molecule has 0 bridgehead atoms. The monoisotopic (exact) mass is 257 g/mol. The first kappa shape index (κ1) is 14.1. The Morgan fingerprint density at radius 3 is 2.72 bits per heavy atom. The summed E-state index contributed by atoms with van der Waals surface area (Å²) in [6.45, 7) is -0.585. The van der Waals surface area contributed by atoms with Crippen molar-refractivity contribution in [1.29, 1.82) is 0 Å². The van der Waals surface area contributed by atoms with E-state index in [1.54, 1.807) is 0 Å². The van der Waals surface area contributed by atoms with Crippen LogP contribution in [-0.4, -0.2) is 54.3 Å². The van der Waals surface area contributed by atoms with Crippen molar-refractivity contribution in [3.8, 4) is 0 Å². The molecule has 0 aromatic rings. The summed E-state index contributed by atoms with van der Waals surface area (Å²) in [5, 5.41) is 15.8. The number of Topliss-reactive ketones (excluding diaryl/α,β-unsaturated/α-hetero) is 1. The van der Waals surface area contributed by atoms with Gasteiger partial charge < -0.3 is 15.7 Å². The normalized spacial score (nSPS) is 21.2. The van der Waals surface area contributed by atoms with E-state index in [4.69, 9.17) is 5.11 Å². The molecular formula is C10H15N3O5. The molecule has 1 saturated heterocycles. The molecule has 1 aliphatic heterocycles. The van der Waals surface area contributed by atoms with E-state index in [2.05, 4.69) is 16.0 Å². The van der Waals surface area contributed by atoms with E-state index in [0.29, 0.717) is 0 Å². The Labute approximate surface area is 103 Å². The fourth-order valence-corrected chi connectivity index (χ4v) is 1.47. The molecule has 0 radical (unpaired) electrons. The van der Waals surface area contributed by atoms with Crippen LogP contribution in [0.4, 0.5) is 0 Å². The molecule has 100 valence electrons. The number of amides is 2. The van der Waals surface area contributed by atoms with Gasteiger partial charge in [0.2, 0.25) is 11.8 Å². The molecule has 1 aliphatic rings. The highest BCUT2D eigenvalue weighted by molar-refractivity contribution is 5.90. The van der Waals surface area contributed by atoms with Crippen molar-refractivity contribution in [3.05, 3.63) is 0 Å². The standard InChI is InChI=1S/C10H15N3O5/c14-6-3-11-7(1-2-8(15)12-4-6)10(18)13-5-9(16)17/h7,11H,1-5H2,(H,12,15)(H,13,18)(H,16,17). The van der Waals surface area contributed by atoms with Gasteiger partial charge in [0.25, 0.3) is 0 Å². The SMILES string of the molecule is O=C(O)CNC(=O)C1CCC(=O)NCC(=O)CN1. The van der Waals surface area contributed by atoms with E-state index < -0.39 is 24.5 Å². The number of hydrogen-bond acceptors (Lipinski definition) is 5. The molecule has 0 saturated carbocycles. The zero-order valence-electron chi connectivity index (χ0n) is 9.69. The van der Waals surface area contributed by atoms with Gasteiger partial charge in [-0.05, 0) is 6.42 Å². The molecule has 1 fully saturated rings. The van der Waals surface area contributed by atoms with E-state index in [1.807, 2.05) is 0 Å². The smallest absolute Gasteiger partial charge is 0.322 e. The van der Waals surface area contributed by atoms with Gasteiger partial charge >= 0.3 is 5.97 Å². The Morgan fingerprint density at radius 1 is 1.33 bits per heavy atom. The van der Waals surface area contributed by atoms with Gasteiger partial charge in [0.15, 0.2) is 5.78 Å². The fourth-order valence-electron chi connectivity index (χ4n) is 1.47. The first-order valence-electron chi connectivity index (χ1n) is 5.50. The number of hydrogen-bond donors (Lipinski definition) is 4. The van der Waals surface area contributed by atoms with Crippen molar-refractivity contribution < 1.29 is 24.3 Å². The number of carbonyl (C=O) groups excluding carboxylic acids is 3. The summed E-state index contributed by atoms with van der Waals surface area (Å²) in [6, 6.07) is -0.739. The Morgan fingerprint density at radius 2 is 2.06 bits per heavy atom. The number of carboxylic acid groups (broad SMARTS) is 1. The summed E-state index contributed by atoms with van der Waals surface area (Å²) in [5.74, 6) is -2.22. The maximum atomic E-state index is 11.6. The van der Waals surface area contributed by atoms with Crippen LogP contribution in [0.2, 0.25) is 0 Å². The minimum absolute atomic E-state index is 0.0363. The zero-order valence-corrected chi connectivity index (χ0v) is 9.69. The van der Waals surface area contributed by atoms with Crippen LogP contribution < -0.4 is 16.0 Å². The molecule has 1 unspecified atom stereocenters. The maximum Gasteiger partial charge on any atom is 0.322 e. The molecule has 0 spiro atoms. The van der Waals surface area contributed by atoms with Crippen molar-refractivity contribution in [2.45, 2.75) is 18.9 Å². The minimum Gasteiger partial charge on any atom is -0.480 e. The minimum atomic E-state index is -1.15. The molecular weight excluding hydrogens is 242 g/mol. The summed E-state index contributed by atoms with van der Waals surface area (Å²) in [4.78, 5) is 44.4. The molecule has 18 heavy (non-hydrogen) atoms. The lowest BCUT2D eigenvalue weighted by Gasteiger charge is -2.15. The number of rotatable bonds is 3. The third kappa shape index (κ3) is 4.91. The van der Waals surface area contributed by atoms with Gasteiger partial charge in [-0.1, -0.05) is 0 Å². The topological polar surface area (TPSA) is 125 Å². The largest absolute Gasteiger partial charge is 0.480 e. The third-order valence-corrected chi connectivity index (χ3v) is 2.42. The molecule has 0 aromatic heterocycles. The molecule has 2 amide bonds. The van der Waals surface area contributed by atoms with Gasteiger partial charge in [-0.3, -0.25) is 24.5 Å². The average molecular weight is 257 g/mol. The second-order valence-corrected chi connectivity index (χ2v) is 3.90. The van der Waals surface area contributed by atoms with E-state index in [-0.39, 0.29) is 37.6 Å². The first-order chi connectivity index (χ1) is 8.49. The number of nitrogens with one attached hydrogen (secondary N) is 3. The molecule has 4 N–H and O–H groups in total. The highest BCUT2D eigenvalue weighted by Gasteiger charge is 2.22. The van der Waals surface area contributed by atoms with Crippen LogP contribution in [0.5, 0.6) is 0 Å². The van der Waals surface area contributed by atoms with Crippen LogP contribution in [-0.2, 0) is 19.2 Å². The van der Waals surface area contributed by atoms with Crippen LogP contribution in [0.25, 0.3) is 0 Å². The first-order valence-corrected chi connectivity index (χ1v) is 5.50. The molecule has 0 aliphatic carbocycles. The number of aliphatic carboxylic acids is 1. The Hall–Kier alpha value is -1.96. The van der Waals surface area contributed by atoms with E-state index in [1.165, 1.54) is 0 Å². The van der Waals surface area contributed by atoms with Gasteiger partial charge in [-0.15, -0.1) is 0 Å². The second kappa shape index (κ2) is 6.70. The lowest BCUT2D eigenvalue weighted by Crippen LogP contribution is -2.47. The van der Waals surface area contributed by atoms with Gasteiger partial charge in [0.05, 0.1) is 19.1 Å². The highest BCUT2D eigenvalue weighted by Crippen LogP contribution is 1.99. The predicted octanol–water partition coefficient (Wildman–Crippen LogP) is -2.38. The van der Waals surface area contributed by atoms with Crippen molar-refractivity contribution in [1.82, 2.24) is 16.0 Å². The summed E-state index contributed by atoms with van der Waals surface area (Å²) >= 11 is 0. The van der Waals surface area contributed by atoms with Gasteiger partial charge in [-0.2, -0.15) is 0 Å². The summed E-state index contributed by atoms with van der Waals surface area (Å²) < 4.78 is 0. The molecule has 1 heterocycles. The Kier molecular flexibility index (Phi) is 5.25. The van der Waals surface area contributed by atoms with Crippen molar-refractivity contribution in [2.75, 3.05) is 19.6 Å². The van der Waals surface area contributed by atoms with Crippen LogP contribution >= 0.6 is 0 Å². The zero-order chi connectivity index (χ0) is 13.5. The van der Waals surface area contributed by atoms with E-state index >= 15 is 0 Å². The second-order valence-electron chi connectivity index (χ2n) is 3.90. The summed E-state index contributed by atoms with van der Waals surface area (Å²) in [7, 11) is 0. The van der Waals surface area contributed by atoms with Crippen LogP contribution in [0.3, 0.4) is 0 Å². The average Bonchev–Trinajstić information content (AvgIpc) is 2.40. The number of carbonyl (C=O) groups is 4. The van der Waals surface area contributed by atoms with Crippen molar-refractivity contribution >= 4 is 23.6 Å². The quantitative estimate of drug-likeness (QED) is 0.447. The number of ketones is 1. The van der Waals surface area contributed by atoms with Crippen molar-refractivity contribution in [3.63, 3.8) is 0 Å². The maximum absolute atomic E-state index is 11.6. The molecule has 1 rings (SSSR count). The van der Waals surface area contributed by atoms with Gasteiger partial charge in [-0.25, -0.2) is 0 Å². The summed E-state index contributed by atoms with van der Waals surface area (Å²) in [6.07, 6.45) is 0.315. The summed E-state index contributed by atoms with van der Waals surface area (Å²) in [5.41, 5.74) is 0. The van der Waals surface area contributed by atoms with Gasteiger partial charge in [0.1, 0.15) is 6.54 Å². The molecule has 0 aromatic carbocycles. The highest BCUT2D eigenvalue weighted by atomic mass is 16.4. The molecule has 1 atom stereocenters. The third-order valence-electron chi connectivity index (χ3n) is 2.42. The van der Waals surface area contributed by atoms with Crippen LogP contribution in [0, 0.1) is 0 Å². The van der Waals surface area contributed by atoms with Crippen molar-refractivity contribution in [2.24, 2.45) is 0 Å². The number of carboxylic acids is 1. The van der Waals surface area contributed by atoms with Gasteiger partial charge in [0, 0.05) is 6.42 Å². The van der Waals surface area contributed by atoms with E-state index in [9.17, 15) is 19.2 Å². The lowest BCUT2D eigenvalue weighted by molar-refractivity contribution is -0.138. The lowest BCUT2D eigenvalue weighted by atomic mass is 10.1. The Bertz CT molecular complexity index is 349. The van der Waals surface area contributed by atoms with Crippen LogP contribution in [0.1, 0.15) is 12.8 Å². The fraction of sp³-hybridized carbons (Fsp3) is 0.600. The molecule has 8 nitrogen and oxygen atoms in total. The predicted molar refractivity (Wildman–Crippen MR) is 59.7 cm³/mol. The Balaban J connectivity index is 2.55.